The molecule has 0 fully saturated rings. The number of ketones is 1. The van der Waals surface area contributed by atoms with E-state index < -0.39 is 17.5 Å². The number of nitrogens with one attached hydrogen (secondary N) is 1. The zero-order chi connectivity index (χ0) is 28.6. The number of carboxylic acid groups (broad SMARTS) is 1. The monoisotopic (exact) mass is 558 g/mol. The largest absolute Gasteiger partial charge is 0.481 e. The summed E-state index contributed by atoms with van der Waals surface area (Å²) in [6, 6.07) is 21.6. The molecule has 0 bridgehead atoms. The van der Waals surface area contributed by atoms with Gasteiger partial charge in [0.1, 0.15) is 5.75 Å². The first-order valence-corrected chi connectivity index (χ1v) is 14.1. The van der Waals surface area contributed by atoms with Gasteiger partial charge in [0, 0.05) is 40.3 Å². The minimum absolute atomic E-state index is 0.0367. The molecule has 0 saturated heterocycles. The van der Waals surface area contributed by atoms with Gasteiger partial charge in [-0.15, -0.1) is 0 Å². The van der Waals surface area contributed by atoms with Crippen molar-refractivity contribution < 1.29 is 19.4 Å². The minimum atomic E-state index is -0.946. The normalized spacial score (nSPS) is 15.5. The van der Waals surface area contributed by atoms with Gasteiger partial charge in [0.15, 0.2) is 11.9 Å². The van der Waals surface area contributed by atoms with Crippen LogP contribution < -0.4 is 10.1 Å². The predicted molar refractivity (Wildman–Crippen MR) is 160 cm³/mol. The maximum atomic E-state index is 12.7. The maximum absolute atomic E-state index is 12.7. The highest BCUT2D eigenvalue weighted by Gasteiger charge is 2.34. The predicted octanol–water partition coefficient (Wildman–Crippen LogP) is 6.93. The summed E-state index contributed by atoms with van der Waals surface area (Å²) in [6.45, 7) is 7.76. The van der Waals surface area contributed by atoms with Crippen molar-refractivity contribution in [3.05, 3.63) is 94.1 Å². The van der Waals surface area contributed by atoms with Crippen molar-refractivity contribution >= 4 is 39.9 Å². The fraction of sp³-hybridized carbons (Fsp3) is 0.333. The van der Waals surface area contributed by atoms with Crippen LogP contribution in [0.5, 0.6) is 5.75 Å². The second-order valence-electron chi connectivity index (χ2n) is 11.3. The molecule has 208 valence electrons. The number of ether oxygens (including phenoxy) is 1. The van der Waals surface area contributed by atoms with Crippen LogP contribution in [0, 0.1) is 5.41 Å². The number of Topliss-reactive ketones (excluding diaryl/α,β-unsaturated/α-hetero) is 1. The highest BCUT2D eigenvalue weighted by Crippen LogP contribution is 2.36. The number of hydrogen-bond acceptors (Lipinski definition) is 4. The lowest BCUT2D eigenvalue weighted by Crippen LogP contribution is -2.41. The van der Waals surface area contributed by atoms with Crippen LogP contribution in [0.1, 0.15) is 50.1 Å². The molecule has 4 aromatic rings. The summed E-state index contributed by atoms with van der Waals surface area (Å²) < 4.78 is 8.60. The Balaban J connectivity index is 1.54. The molecule has 1 unspecified atom stereocenters. The van der Waals surface area contributed by atoms with E-state index in [1.54, 1.807) is 20.8 Å². The Hall–Kier alpha value is -3.77. The Morgan fingerprint density at radius 3 is 2.50 bits per heavy atom. The number of para-hydroxylation sites is 1. The summed E-state index contributed by atoms with van der Waals surface area (Å²) in [5.41, 5.74) is 5.43. The molecule has 0 spiro atoms. The number of carbonyl (C=O) groups excluding carboxylic acids is 1. The highest BCUT2D eigenvalue weighted by molar-refractivity contribution is 6.30. The molecule has 0 saturated carbocycles. The SMILES string of the molecule is CCc1c(CC(C)(C)C(=O)O)n(Cc2ccc(Cl)cc2)c2ccc(O[C@H](C(C)=O)C3Cc4ccccc4N3)cc12. The van der Waals surface area contributed by atoms with E-state index in [0.29, 0.717) is 23.7 Å². The summed E-state index contributed by atoms with van der Waals surface area (Å²) in [6.07, 6.45) is 1.18. The third-order valence-electron chi connectivity index (χ3n) is 7.88. The van der Waals surface area contributed by atoms with Gasteiger partial charge < -0.3 is 19.7 Å². The van der Waals surface area contributed by atoms with Crippen LogP contribution in [0.3, 0.4) is 0 Å². The number of benzene rings is 3. The number of aryl methyl sites for hydroxylation is 1. The van der Waals surface area contributed by atoms with Crippen molar-refractivity contribution in [2.45, 2.75) is 65.6 Å². The van der Waals surface area contributed by atoms with Gasteiger partial charge in [-0.05, 0) is 86.7 Å². The van der Waals surface area contributed by atoms with E-state index in [0.717, 1.165) is 46.3 Å². The molecule has 3 aromatic carbocycles. The topological polar surface area (TPSA) is 80.6 Å². The smallest absolute Gasteiger partial charge is 0.309 e. The second-order valence-corrected chi connectivity index (χ2v) is 11.7. The van der Waals surface area contributed by atoms with E-state index in [1.807, 2.05) is 60.7 Å². The van der Waals surface area contributed by atoms with Crippen LogP contribution in [0.15, 0.2) is 66.7 Å². The summed E-state index contributed by atoms with van der Waals surface area (Å²) in [4.78, 5) is 24.9. The van der Waals surface area contributed by atoms with Gasteiger partial charge in [0.05, 0.1) is 11.5 Å². The zero-order valence-electron chi connectivity index (χ0n) is 23.3. The zero-order valence-corrected chi connectivity index (χ0v) is 24.1. The number of hydrogen-bond donors (Lipinski definition) is 2. The van der Waals surface area contributed by atoms with E-state index >= 15 is 0 Å². The fourth-order valence-electron chi connectivity index (χ4n) is 5.68. The first-order chi connectivity index (χ1) is 19.1. The van der Waals surface area contributed by atoms with Crippen molar-refractivity contribution in [2.24, 2.45) is 5.41 Å². The molecule has 6 nitrogen and oxygen atoms in total. The molecule has 0 aliphatic carbocycles. The quantitative estimate of drug-likeness (QED) is 0.220. The number of halogens is 1. The van der Waals surface area contributed by atoms with Crippen molar-refractivity contribution in [2.75, 3.05) is 5.32 Å². The fourth-order valence-corrected chi connectivity index (χ4v) is 5.80. The first kappa shape index (κ1) is 27.8. The van der Waals surface area contributed by atoms with E-state index in [9.17, 15) is 14.7 Å². The average Bonchev–Trinajstić information content (AvgIpc) is 3.46. The Morgan fingerprint density at radius 1 is 1.12 bits per heavy atom. The van der Waals surface area contributed by atoms with Crippen LogP contribution in [0.2, 0.25) is 5.02 Å². The molecule has 0 radical (unpaired) electrons. The summed E-state index contributed by atoms with van der Waals surface area (Å²) in [5.74, 6) is -0.255. The summed E-state index contributed by atoms with van der Waals surface area (Å²) in [7, 11) is 0. The number of aliphatic carboxylic acids is 1. The maximum Gasteiger partial charge on any atom is 0.309 e. The number of carboxylic acids is 1. The van der Waals surface area contributed by atoms with Crippen molar-refractivity contribution in [3.8, 4) is 5.75 Å². The van der Waals surface area contributed by atoms with Gasteiger partial charge in [-0.25, -0.2) is 0 Å². The number of rotatable bonds is 10. The van der Waals surface area contributed by atoms with Gasteiger partial charge in [-0.1, -0.05) is 48.9 Å². The number of aromatic nitrogens is 1. The van der Waals surface area contributed by atoms with Gasteiger partial charge in [-0.3, -0.25) is 9.59 Å². The van der Waals surface area contributed by atoms with E-state index in [2.05, 4.69) is 22.9 Å². The third-order valence-corrected chi connectivity index (χ3v) is 8.13. The van der Waals surface area contributed by atoms with Crippen molar-refractivity contribution in [1.29, 1.82) is 0 Å². The molecule has 2 N–H and O–H groups in total. The van der Waals surface area contributed by atoms with Gasteiger partial charge in [0.2, 0.25) is 0 Å². The van der Waals surface area contributed by atoms with Crippen LogP contribution in [-0.2, 0) is 35.4 Å². The van der Waals surface area contributed by atoms with E-state index in [-0.39, 0.29) is 11.8 Å². The lowest BCUT2D eigenvalue weighted by Gasteiger charge is -2.23. The lowest BCUT2D eigenvalue weighted by atomic mass is 9.86. The molecule has 0 amide bonds. The van der Waals surface area contributed by atoms with Crippen LogP contribution >= 0.6 is 11.6 Å². The molecular formula is C33H35ClN2O4. The molecule has 1 aliphatic heterocycles. The van der Waals surface area contributed by atoms with Gasteiger partial charge in [0.25, 0.3) is 0 Å². The van der Waals surface area contributed by atoms with Crippen LogP contribution in [0.25, 0.3) is 10.9 Å². The lowest BCUT2D eigenvalue weighted by molar-refractivity contribution is -0.146. The molecule has 1 aromatic heterocycles. The third kappa shape index (κ3) is 5.46. The second kappa shape index (κ2) is 11.0. The molecule has 7 heteroatoms. The van der Waals surface area contributed by atoms with E-state index in [1.165, 1.54) is 5.56 Å². The number of fused-ring (bicyclic) bond motifs is 2. The van der Waals surface area contributed by atoms with Crippen molar-refractivity contribution in [3.63, 3.8) is 0 Å². The molecule has 2 heterocycles. The number of carbonyl (C=O) groups is 2. The molecule has 5 rings (SSSR count). The molecule has 40 heavy (non-hydrogen) atoms. The summed E-state index contributed by atoms with van der Waals surface area (Å²) >= 11 is 6.13. The number of nitrogens with zero attached hydrogens (tertiary/aromatic N) is 1. The van der Waals surface area contributed by atoms with E-state index in [4.69, 9.17) is 16.3 Å². The van der Waals surface area contributed by atoms with Gasteiger partial charge >= 0.3 is 5.97 Å². The average molecular weight is 559 g/mol. The van der Waals surface area contributed by atoms with Crippen LogP contribution in [-0.4, -0.2) is 33.6 Å². The Bertz CT molecular complexity index is 1550. The standard InChI is InChI=1S/C33H35ClN2O4/c1-5-25-26-17-24(40-31(20(2)37)28-16-22-8-6-7-9-27(22)35-28)14-15-29(26)36(19-21-10-12-23(34)13-11-21)30(25)18-33(3,4)32(38)39/h6-15,17,28,31,35H,5,16,18-19H2,1-4H3,(H,38,39)/t28?,31-/m1/s1. The Morgan fingerprint density at radius 2 is 1.85 bits per heavy atom. The molecule has 1 aliphatic rings. The first-order valence-electron chi connectivity index (χ1n) is 13.7. The minimum Gasteiger partial charge on any atom is -0.481 e. The Kier molecular flexibility index (Phi) is 7.65. The molecule has 2 atom stereocenters. The molecular weight excluding hydrogens is 524 g/mol. The van der Waals surface area contributed by atoms with Crippen LogP contribution in [0.4, 0.5) is 5.69 Å². The highest BCUT2D eigenvalue weighted by atomic mass is 35.5. The Labute approximate surface area is 239 Å². The van der Waals surface area contributed by atoms with Gasteiger partial charge in [-0.2, -0.15) is 0 Å². The summed E-state index contributed by atoms with van der Waals surface area (Å²) in [5, 5.41) is 15.1. The number of anilines is 1. The van der Waals surface area contributed by atoms with Crippen molar-refractivity contribution in [1.82, 2.24) is 4.57 Å².